The molecule has 3 atom stereocenters. The third-order valence-corrected chi connectivity index (χ3v) is 5.25. The van der Waals surface area contributed by atoms with Crippen LogP contribution in [0.15, 0.2) is 48.7 Å². The molecular formula is C19H21N3O2. The minimum atomic E-state index is -0.313. The Hall–Kier alpha value is -2.56. The van der Waals surface area contributed by atoms with E-state index >= 15 is 0 Å². The molecule has 0 aliphatic carbocycles. The van der Waals surface area contributed by atoms with E-state index in [0.717, 1.165) is 18.4 Å². The normalized spacial score (nSPS) is 23.9. The molecule has 2 bridgehead atoms. The molecule has 2 amide bonds. The van der Waals surface area contributed by atoms with E-state index in [4.69, 9.17) is 0 Å². The van der Waals surface area contributed by atoms with Crippen LogP contribution in [0.4, 0.5) is 0 Å². The Morgan fingerprint density at radius 3 is 2.75 bits per heavy atom. The standard InChI is InChI=1S/C19H21N3O2/c1-13(14-6-3-2-4-7-14)21-11-5-8-17(21)19(24)22-15-9-10-16(22)18(23)20-12-15/h2-8,11,13,15-16H,9-10,12H2,1H3,(H,20,23)/t13-,15?,16?/m1/s1. The van der Waals surface area contributed by atoms with Gasteiger partial charge in [0.15, 0.2) is 0 Å². The minimum Gasteiger partial charge on any atom is -0.352 e. The predicted octanol–water partition coefficient (Wildman–Crippen LogP) is 2.20. The van der Waals surface area contributed by atoms with Gasteiger partial charge in [-0.3, -0.25) is 9.59 Å². The first-order valence-electron chi connectivity index (χ1n) is 8.49. The Labute approximate surface area is 141 Å². The SMILES string of the molecule is C[C@H](c1ccccc1)n1cccc1C(=O)N1C2CCC1C(=O)NC2. The Morgan fingerprint density at radius 2 is 1.96 bits per heavy atom. The first kappa shape index (κ1) is 15.0. The zero-order chi connectivity index (χ0) is 16.7. The van der Waals surface area contributed by atoms with E-state index in [9.17, 15) is 9.59 Å². The summed E-state index contributed by atoms with van der Waals surface area (Å²) in [6.07, 6.45) is 3.60. The summed E-state index contributed by atoms with van der Waals surface area (Å²) >= 11 is 0. The third-order valence-electron chi connectivity index (χ3n) is 5.25. The number of hydrogen-bond donors (Lipinski definition) is 1. The van der Waals surface area contributed by atoms with Gasteiger partial charge in [0.1, 0.15) is 11.7 Å². The molecule has 0 saturated carbocycles. The van der Waals surface area contributed by atoms with Gasteiger partial charge in [0.2, 0.25) is 5.91 Å². The molecule has 2 aliphatic rings. The average molecular weight is 323 g/mol. The zero-order valence-electron chi connectivity index (χ0n) is 13.7. The van der Waals surface area contributed by atoms with E-state index in [1.165, 1.54) is 0 Å². The van der Waals surface area contributed by atoms with Crippen LogP contribution in [0.3, 0.4) is 0 Å². The third kappa shape index (κ3) is 2.31. The molecule has 4 rings (SSSR count). The molecule has 0 radical (unpaired) electrons. The summed E-state index contributed by atoms with van der Waals surface area (Å²) in [4.78, 5) is 27.0. The number of carbonyl (C=O) groups is 2. The van der Waals surface area contributed by atoms with E-state index in [1.807, 2.05) is 41.1 Å². The molecule has 1 N–H and O–H groups in total. The van der Waals surface area contributed by atoms with Crippen LogP contribution < -0.4 is 5.32 Å². The van der Waals surface area contributed by atoms with Crippen LogP contribution >= 0.6 is 0 Å². The van der Waals surface area contributed by atoms with Gasteiger partial charge in [-0.2, -0.15) is 0 Å². The van der Waals surface area contributed by atoms with Crippen molar-refractivity contribution >= 4 is 11.8 Å². The number of benzene rings is 1. The number of rotatable bonds is 3. The van der Waals surface area contributed by atoms with Gasteiger partial charge < -0.3 is 14.8 Å². The summed E-state index contributed by atoms with van der Waals surface area (Å²) < 4.78 is 2.00. The molecule has 1 aromatic carbocycles. The molecule has 2 saturated heterocycles. The summed E-state index contributed by atoms with van der Waals surface area (Å²) in [7, 11) is 0. The topological polar surface area (TPSA) is 54.3 Å². The van der Waals surface area contributed by atoms with Gasteiger partial charge in [-0.1, -0.05) is 30.3 Å². The van der Waals surface area contributed by atoms with Crippen LogP contribution in [-0.2, 0) is 4.79 Å². The minimum absolute atomic E-state index is 0.0219. The highest BCUT2D eigenvalue weighted by atomic mass is 16.2. The molecule has 2 fully saturated rings. The van der Waals surface area contributed by atoms with Gasteiger partial charge >= 0.3 is 0 Å². The summed E-state index contributed by atoms with van der Waals surface area (Å²) in [5.41, 5.74) is 1.81. The van der Waals surface area contributed by atoms with Gasteiger partial charge in [0.25, 0.3) is 5.91 Å². The molecule has 0 spiro atoms. The Kier molecular flexibility index (Phi) is 3.63. The lowest BCUT2D eigenvalue weighted by molar-refractivity contribution is -0.127. The van der Waals surface area contributed by atoms with Crippen LogP contribution in [0, 0.1) is 0 Å². The molecule has 2 aromatic rings. The predicted molar refractivity (Wildman–Crippen MR) is 90.7 cm³/mol. The van der Waals surface area contributed by atoms with E-state index in [-0.39, 0.29) is 29.9 Å². The van der Waals surface area contributed by atoms with Crippen LogP contribution in [0.1, 0.15) is 41.9 Å². The summed E-state index contributed by atoms with van der Waals surface area (Å²) in [6, 6.07) is 13.8. The van der Waals surface area contributed by atoms with E-state index in [0.29, 0.717) is 12.2 Å². The number of nitrogens with zero attached hydrogens (tertiary/aromatic N) is 2. The van der Waals surface area contributed by atoms with Gasteiger partial charge in [-0.25, -0.2) is 0 Å². The molecule has 5 nitrogen and oxygen atoms in total. The zero-order valence-corrected chi connectivity index (χ0v) is 13.7. The quantitative estimate of drug-likeness (QED) is 0.941. The smallest absolute Gasteiger partial charge is 0.271 e. The fraction of sp³-hybridized carbons (Fsp3) is 0.368. The monoisotopic (exact) mass is 323 g/mol. The van der Waals surface area contributed by atoms with Gasteiger partial charge in [0.05, 0.1) is 12.1 Å². The van der Waals surface area contributed by atoms with Crippen LogP contribution in [0.25, 0.3) is 0 Å². The van der Waals surface area contributed by atoms with Crippen molar-refractivity contribution in [3.05, 3.63) is 59.9 Å². The molecule has 2 unspecified atom stereocenters. The largest absolute Gasteiger partial charge is 0.352 e. The second kappa shape index (κ2) is 5.82. The van der Waals surface area contributed by atoms with Crippen LogP contribution in [0.5, 0.6) is 0 Å². The maximum Gasteiger partial charge on any atom is 0.271 e. The lowest BCUT2D eigenvalue weighted by atomic mass is 10.1. The molecule has 24 heavy (non-hydrogen) atoms. The second-order valence-electron chi connectivity index (χ2n) is 6.59. The Morgan fingerprint density at radius 1 is 1.17 bits per heavy atom. The van der Waals surface area contributed by atoms with Gasteiger partial charge in [-0.15, -0.1) is 0 Å². The summed E-state index contributed by atoms with van der Waals surface area (Å²) in [6.45, 7) is 2.65. The highest BCUT2D eigenvalue weighted by Crippen LogP contribution is 2.30. The number of nitrogens with one attached hydrogen (secondary N) is 1. The van der Waals surface area contributed by atoms with Crippen molar-refractivity contribution in [2.45, 2.75) is 37.9 Å². The fourth-order valence-corrected chi connectivity index (χ4v) is 3.92. The summed E-state index contributed by atoms with van der Waals surface area (Å²) in [5.74, 6) is -0.0588. The van der Waals surface area contributed by atoms with Gasteiger partial charge in [-0.05, 0) is 37.5 Å². The van der Waals surface area contributed by atoms with E-state index in [1.54, 1.807) is 4.90 Å². The maximum absolute atomic E-state index is 13.1. The molecule has 124 valence electrons. The van der Waals surface area contributed by atoms with Crippen molar-refractivity contribution in [2.75, 3.05) is 6.54 Å². The number of fused-ring (bicyclic) bond motifs is 2. The number of piperazine rings is 1. The Balaban J connectivity index is 1.65. The van der Waals surface area contributed by atoms with Crippen LogP contribution in [0.2, 0.25) is 0 Å². The second-order valence-corrected chi connectivity index (χ2v) is 6.59. The van der Waals surface area contributed by atoms with Crippen molar-refractivity contribution in [3.8, 4) is 0 Å². The van der Waals surface area contributed by atoms with Crippen molar-refractivity contribution in [1.29, 1.82) is 0 Å². The average Bonchev–Trinajstić information content (AvgIpc) is 3.22. The first-order chi connectivity index (χ1) is 11.7. The van der Waals surface area contributed by atoms with Crippen molar-refractivity contribution in [2.24, 2.45) is 0 Å². The lowest BCUT2D eigenvalue weighted by Crippen LogP contribution is -2.57. The lowest BCUT2D eigenvalue weighted by Gasteiger charge is -2.34. The molecular weight excluding hydrogens is 302 g/mol. The molecule has 2 aliphatic heterocycles. The highest BCUT2D eigenvalue weighted by molar-refractivity contribution is 5.98. The Bertz CT molecular complexity index is 768. The fourth-order valence-electron chi connectivity index (χ4n) is 3.92. The molecule has 3 heterocycles. The number of aromatic nitrogens is 1. The van der Waals surface area contributed by atoms with Crippen LogP contribution in [-0.4, -0.2) is 39.9 Å². The molecule has 1 aromatic heterocycles. The number of amides is 2. The van der Waals surface area contributed by atoms with E-state index < -0.39 is 0 Å². The number of hydrogen-bond acceptors (Lipinski definition) is 2. The summed E-state index contributed by atoms with van der Waals surface area (Å²) in [5, 5.41) is 2.90. The molecule has 5 heteroatoms. The van der Waals surface area contributed by atoms with Gasteiger partial charge in [0, 0.05) is 12.7 Å². The highest BCUT2D eigenvalue weighted by Gasteiger charge is 2.45. The van der Waals surface area contributed by atoms with Crippen molar-refractivity contribution in [3.63, 3.8) is 0 Å². The van der Waals surface area contributed by atoms with Crippen molar-refractivity contribution < 1.29 is 9.59 Å². The number of carbonyl (C=O) groups excluding carboxylic acids is 2. The van der Waals surface area contributed by atoms with E-state index in [2.05, 4.69) is 24.4 Å². The first-order valence-corrected chi connectivity index (χ1v) is 8.49. The van der Waals surface area contributed by atoms with Crippen molar-refractivity contribution in [1.82, 2.24) is 14.8 Å². The maximum atomic E-state index is 13.1.